The van der Waals surface area contributed by atoms with Gasteiger partial charge in [0.05, 0.1) is 6.61 Å². The number of carbonyl (C=O) groups is 1. The van der Waals surface area contributed by atoms with Crippen molar-refractivity contribution in [2.24, 2.45) is 0 Å². The quantitative estimate of drug-likeness (QED) is 0.522. The van der Waals surface area contributed by atoms with E-state index in [1.807, 2.05) is 0 Å². The van der Waals surface area contributed by atoms with Gasteiger partial charge in [0.1, 0.15) is 5.82 Å². The molecule has 0 saturated carbocycles. The monoisotopic (exact) mass is 267 g/mol. The number of aryl methyl sites for hydroxylation is 1. The minimum atomic E-state index is -0.454. The lowest BCUT2D eigenvalue weighted by atomic mass is 10.1. The molecule has 0 radical (unpaired) electrons. The zero-order valence-corrected chi connectivity index (χ0v) is 12.1. The summed E-state index contributed by atoms with van der Waals surface area (Å²) in [5, 5.41) is 6.66. The third-order valence-electron chi connectivity index (χ3n) is 3.01. The van der Waals surface area contributed by atoms with Crippen molar-refractivity contribution in [3.63, 3.8) is 0 Å². The van der Waals surface area contributed by atoms with E-state index >= 15 is 0 Å². The molecule has 1 aromatic rings. The van der Waals surface area contributed by atoms with Crippen LogP contribution in [-0.2, 0) is 11.2 Å². The van der Waals surface area contributed by atoms with Crippen molar-refractivity contribution in [2.75, 3.05) is 6.61 Å². The maximum atomic E-state index is 11.4. The van der Waals surface area contributed by atoms with E-state index in [0.29, 0.717) is 6.61 Å². The van der Waals surface area contributed by atoms with Gasteiger partial charge in [0.25, 0.3) is 5.82 Å². The predicted molar refractivity (Wildman–Crippen MR) is 74.0 cm³/mol. The molecular weight excluding hydrogens is 242 g/mol. The van der Waals surface area contributed by atoms with Crippen LogP contribution in [0.2, 0.25) is 0 Å². The highest BCUT2D eigenvalue weighted by molar-refractivity contribution is 5.84. The highest BCUT2D eigenvalue weighted by Gasteiger charge is 2.12. The molecule has 0 aliphatic heterocycles. The first kappa shape index (κ1) is 15.7. The van der Waals surface area contributed by atoms with Crippen LogP contribution in [0.1, 0.15) is 75.2 Å². The average molecular weight is 267 g/mol. The van der Waals surface area contributed by atoms with Crippen molar-refractivity contribution in [3.05, 3.63) is 11.6 Å². The molecule has 1 heterocycles. The minimum Gasteiger partial charge on any atom is -0.460 e. The number of carbonyl (C=O) groups excluding carboxylic acids is 1. The first-order valence-electron chi connectivity index (χ1n) is 7.36. The van der Waals surface area contributed by atoms with E-state index in [-0.39, 0.29) is 5.82 Å². The Bertz CT molecular complexity index is 363. The van der Waals surface area contributed by atoms with Crippen LogP contribution < -0.4 is 0 Å². The van der Waals surface area contributed by atoms with Gasteiger partial charge in [-0.05, 0) is 13.3 Å². The van der Waals surface area contributed by atoms with Crippen LogP contribution in [-0.4, -0.2) is 27.8 Å². The Hall–Kier alpha value is -1.39. The number of unbranched alkanes of at least 4 members (excludes halogenated alkanes) is 6. The van der Waals surface area contributed by atoms with Gasteiger partial charge >= 0.3 is 5.97 Å². The molecule has 0 fully saturated rings. The summed E-state index contributed by atoms with van der Waals surface area (Å²) in [7, 11) is 0. The summed E-state index contributed by atoms with van der Waals surface area (Å²) in [6.07, 6.45) is 9.70. The smallest absolute Gasteiger partial charge is 0.378 e. The van der Waals surface area contributed by atoms with E-state index < -0.39 is 5.97 Å². The van der Waals surface area contributed by atoms with Crippen LogP contribution in [0.25, 0.3) is 0 Å². The van der Waals surface area contributed by atoms with E-state index in [0.717, 1.165) is 18.7 Å². The van der Waals surface area contributed by atoms with Crippen LogP contribution >= 0.6 is 0 Å². The molecule has 0 bridgehead atoms. The fourth-order valence-corrected chi connectivity index (χ4v) is 1.94. The molecule has 0 unspecified atom stereocenters. The van der Waals surface area contributed by atoms with Gasteiger partial charge in [0.15, 0.2) is 0 Å². The van der Waals surface area contributed by atoms with Gasteiger partial charge in [-0.15, -0.1) is 5.10 Å². The van der Waals surface area contributed by atoms with Crippen molar-refractivity contribution < 1.29 is 9.53 Å². The van der Waals surface area contributed by atoms with Crippen LogP contribution in [0, 0.1) is 0 Å². The Morgan fingerprint density at radius 3 is 2.47 bits per heavy atom. The standard InChI is InChI=1S/C14H25N3O2/c1-3-5-6-7-8-9-10-11-12-15-13(17-16-12)14(18)19-4-2/h3-11H2,1-2H3,(H,15,16,17). The van der Waals surface area contributed by atoms with E-state index in [1.54, 1.807) is 6.92 Å². The Balaban J connectivity index is 2.14. The lowest BCUT2D eigenvalue weighted by Gasteiger charge is -1.99. The number of nitrogens with one attached hydrogen (secondary N) is 1. The number of H-pyrrole nitrogens is 1. The number of ether oxygens (including phenoxy) is 1. The summed E-state index contributed by atoms with van der Waals surface area (Å²) in [6.45, 7) is 4.34. The number of aromatic nitrogens is 3. The molecule has 1 N–H and O–H groups in total. The molecule has 0 saturated heterocycles. The second-order valence-corrected chi connectivity index (χ2v) is 4.70. The second-order valence-electron chi connectivity index (χ2n) is 4.70. The molecule has 108 valence electrons. The first-order chi connectivity index (χ1) is 9.27. The van der Waals surface area contributed by atoms with Crippen molar-refractivity contribution >= 4 is 5.97 Å². The summed E-state index contributed by atoms with van der Waals surface area (Å²) < 4.78 is 4.84. The number of rotatable bonds is 10. The molecule has 0 atom stereocenters. The zero-order valence-electron chi connectivity index (χ0n) is 12.1. The fraction of sp³-hybridized carbons (Fsp3) is 0.786. The second kappa shape index (κ2) is 9.53. The molecule has 1 aromatic heterocycles. The number of hydrogen-bond acceptors (Lipinski definition) is 4. The van der Waals surface area contributed by atoms with Crippen LogP contribution in [0.4, 0.5) is 0 Å². The summed E-state index contributed by atoms with van der Waals surface area (Å²) in [4.78, 5) is 15.5. The largest absolute Gasteiger partial charge is 0.460 e. The Kier molecular flexibility index (Phi) is 7.86. The van der Waals surface area contributed by atoms with Gasteiger partial charge in [0.2, 0.25) is 0 Å². The number of nitrogens with zero attached hydrogens (tertiary/aromatic N) is 2. The van der Waals surface area contributed by atoms with Gasteiger partial charge in [-0.2, -0.15) is 0 Å². The highest BCUT2D eigenvalue weighted by Crippen LogP contribution is 2.09. The number of esters is 1. The lowest BCUT2D eigenvalue weighted by Crippen LogP contribution is -2.06. The van der Waals surface area contributed by atoms with Crippen molar-refractivity contribution in [3.8, 4) is 0 Å². The maximum Gasteiger partial charge on any atom is 0.378 e. The summed E-state index contributed by atoms with van der Waals surface area (Å²) >= 11 is 0. The third-order valence-corrected chi connectivity index (χ3v) is 3.01. The van der Waals surface area contributed by atoms with Crippen LogP contribution in [0.5, 0.6) is 0 Å². The summed E-state index contributed by atoms with van der Waals surface area (Å²) in [5.41, 5.74) is 0. The normalized spacial score (nSPS) is 10.6. The van der Waals surface area contributed by atoms with Gasteiger partial charge in [-0.1, -0.05) is 45.4 Å². The molecule has 0 aliphatic carbocycles. The molecule has 19 heavy (non-hydrogen) atoms. The average Bonchev–Trinajstić information content (AvgIpc) is 2.87. The van der Waals surface area contributed by atoms with Crippen molar-refractivity contribution in [1.82, 2.24) is 15.2 Å². The van der Waals surface area contributed by atoms with Crippen LogP contribution in [0.15, 0.2) is 0 Å². The maximum absolute atomic E-state index is 11.4. The van der Waals surface area contributed by atoms with E-state index in [4.69, 9.17) is 4.74 Å². The van der Waals surface area contributed by atoms with E-state index in [2.05, 4.69) is 22.1 Å². The first-order valence-corrected chi connectivity index (χ1v) is 7.36. The number of aromatic amines is 1. The Morgan fingerprint density at radius 1 is 1.11 bits per heavy atom. The number of hydrogen-bond donors (Lipinski definition) is 1. The van der Waals surface area contributed by atoms with Crippen molar-refractivity contribution in [1.29, 1.82) is 0 Å². The highest BCUT2D eigenvalue weighted by atomic mass is 16.5. The molecule has 0 amide bonds. The fourth-order valence-electron chi connectivity index (χ4n) is 1.94. The minimum absolute atomic E-state index is 0.139. The van der Waals surface area contributed by atoms with Crippen LogP contribution in [0.3, 0.4) is 0 Å². The Labute approximate surface area is 115 Å². The molecular formula is C14H25N3O2. The molecule has 0 aliphatic rings. The molecule has 5 heteroatoms. The molecule has 0 aromatic carbocycles. The topological polar surface area (TPSA) is 67.9 Å². The summed E-state index contributed by atoms with van der Waals surface area (Å²) in [5.74, 6) is 0.459. The molecule has 5 nitrogen and oxygen atoms in total. The molecule has 0 spiro atoms. The van der Waals surface area contributed by atoms with Gasteiger partial charge in [-0.3, -0.25) is 5.10 Å². The lowest BCUT2D eigenvalue weighted by molar-refractivity contribution is 0.0512. The van der Waals surface area contributed by atoms with E-state index in [9.17, 15) is 4.79 Å². The van der Waals surface area contributed by atoms with E-state index in [1.165, 1.54) is 38.5 Å². The van der Waals surface area contributed by atoms with Gasteiger partial charge in [-0.25, -0.2) is 9.78 Å². The van der Waals surface area contributed by atoms with Crippen molar-refractivity contribution in [2.45, 2.75) is 65.2 Å². The summed E-state index contributed by atoms with van der Waals surface area (Å²) in [6, 6.07) is 0. The SMILES string of the molecule is CCCCCCCCCc1nc(C(=O)OCC)n[nH]1. The van der Waals surface area contributed by atoms with Gasteiger partial charge in [0, 0.05) is 6.42 Å². The predicted octanol–water partition coefficient (Wildman–Crippen LogP) is 3.27. The molecule has 1 rings (SSSR count). The Morgan fingerprint density at radius 2 is 1.79 bits per heavy atom. The zero-order chi connectivity index (χ0) is 13.9. The third kappa shape index (κ3) is 6.36. The van der Waals surface area contributed by atoms with Gasteiger partial charge < -0.3 is 4.74 Å².